The van der Waals surface area contributed by atoms with Crippen molar-refractivity contribution >= 4 is 53.8 Å². The number of hydrogen-bond acceptors (Lipinski definition) is 6. The maximum Gasteiger partial charge on any atom is 0.294 e. The molecule has 0 unspecified atom stereocenters. The fraction of sp³-hybridized carbons (Fsp3) is 0.143. The van der Waals surface area contributed by atoms with Crippen molar-refractivity contribution in [2.75, 3.05) is 0 Å². The summed E-state index contributed by atoms with van der Waals surface area (Å²) in [5.74, 6) is 0. The monoisotopic (exact) mass is 548 g/mol. The predicted octanol–water partition coefficient (Wildman–Crippen LogP) is 5.82. The van der Waals surface area contributed by atoms with Crippen molar-refractivity contribution < 1.29 is 25.9 Å². The first-order valence-corrected chi connectivity index (χ1v) is 14.5. The van der Waals surface area contributed by atoms with E-state index in [1.54, 1.807) is 27.7 Å². The van der Waals surface area contributed by atoms with E-state index >= 15 is 0 Å². The van der Waals surface area contributed by atoms with Crippen molar-refractivity contribution in [3.05, 3.63) is 94.0 Å². The molecule has 5 rings (SSSR count). The molecular formula is C28H24N2O6S2. The van der Waals surface area contributed by atoms with Crippen molar-refractivity contribution in [3.63, 3.8) is 0 Å². The third-order valence-electron chi connectivity index (χ3n) is 6.61. The van der Waals surface area contributed by atoms with Crippen molar-refractivity contribution in [1.29, 1.82) is 0 Å². The minimum atomic E-state index is -4.38. The summed E-state index contributed by atoms with van der Waals surface area (Å²) >= 11 is 0. The lowest BCUT2D eigenvalue weighted by Gasteiger charge is -2.12. The van der Waals surface area contributed by atoms with Gasteiger partial charge in [-0.2, -0.15) is 16.8 Å². The number of rotatable bonds is 4. The summed E-state index contributed by atoms with van der Waals surface area (Å²) in [6.07, 6.45) is 0. The van der Waals surface area contributed by atoms with Gasteiger partial charge in [0.25, 0.3) is 20.2 Å². The summed E-state index contributed by atoms with van der Waals surface area (Å²) in [6, 6.07) is 17.3. The maximum absolute atomic E-state index is 11.7. The molecule has 10 heteroatoms. The van der Waals surface area contributed by atoms with E-state index in [1.165, 1.54) is 24.3 Å². The van der Waals surface area contributed by atoms with Crippen LogP contribution in [0.1, 0.15) is 33.4 Å². The number of hydrogen-bond donors (Lipinski definition) is 2. The second-order valence-electron chi connectivity index (χ2n) is 9.39. The Hall–Kier alpha value is -3.70. The molecule has 0 atom stereocenters. The van der Waals surface area contributed by atoms with Crippen molar-refractivity contribution in [3.8, 4) is 0 Å². The van der Waals surface area contributed by atoms with Crippen LogP contribution in [-0.2, 0) is 20.2 Å². The van der Waals surface area contributed by atoms with Gasteiger partial charge in [0.05, 0.1) is 32.6 Å². The van der Waals surface area contributed by atoms with Gasteiger partial charge in [0.1, 0.15) is 0 Å². The van der Waals surface area contributed by atoms with Crippen LogP contribution in [0.2, 0.25) is 0 Å². The molecule has 0 amide bonds. The first-order chi connectivity index (χ1) is 17.8. The minimum Gasteiger partial charge on any atom is -0.282 e. The molecule has 4 aromatic carbocycles. The summed E-state index contributed by atoms with van der Waals surface area (Å²) in [6.45, 7) is 6.90. The Balaban J connectivity index is 1.80. The second kappa shape index (κ2) is 8.95. The molecule has 0 fully saturated rings. The van der Waals surface area contributed by atoms with E-state index in [1.807, 2.05) is 36.4 Å². The summed E-state index contributed by atoms with van der Waals surface area (Å²) in [5, 5.41) is 1.98. The standard InChI is InChI=1S/C28H24N2O6S2/c1-15-11-20(37(31,32)33)12-16(2)25(15)29-27-22-9-5-7-19-8-6-10-23(24(19)22)28(27)30-26-17(3)13-21(14-18(26)4)38(34,35)36/h5-14H,1-4H3,(H,31,32,33)(H,34,35,36). The number of nitrogens with zero attached hydrogens (tertiary/aromatic N) is 2. The third kappa shape index (κ3) is 4.45. The third-order valence-corrected chi connectivity index (χ3v) is 8.27. The Bertz CT molecular complexity index is 1770. The normalized spacial score (nSPS) is 15.6. The fourth-order valence-corrected chi connectivity index (χ4v) is 6.23. The van der Waals surface area contributed by atoms with E-state index < -0.39 is 20.2 Å². The smallest absolute Gasteiger partial charge is 0.282 e. The number of aliphatic imine (C=N–C) groups is 2. The molecular weight excluding hydrogens is 524 g/mol. The molecule has 1 aliphatic rings. The zero-order valence-electron chi connectivity index (χ0n) is 21.0. The second-order valence-corrected chi connectivity index (χ2v) is 12.2. The topological polar surface area (TPSA) is 133 Å². The molecule has 4 aromatic rings. The fourth-order valence-electron chi connectivity index (χ4n) is 4.92. The van der Waals surface area contributed by atoms with Crippen molar-refractivity contribution in [1.82, 2.24) is 0 Å². The SMILES string of the molecule is Cc1cc(S(=O)(=O)O)cc(C)c1N=C1C(=Nc2c(C)cc(S(=O)(=O)O)cc2C)c2cccc3cccc1c23. The average molecular weight is 549 g/mol. The molecule has 0 saturated carbocycles. The van der Waals surface area contributed by atoms with Crippen molar-refractivity contribution in [2.24, 2.45) is 9.98 Å². The zero-order chi connectivity index (χ0) is 27.6. The summed E-state index contributed by atoms with van der Waals surface area (Å²) in [5.41, 5.74) is 6.27. The molecule has 0 heterocycles. The Morgan fingerprint density at radius 2 is 0.921 bits per heavy atom. The van der Waals surface area contributed by atoms with Crippen LogP contribution >= 0.6 is 0 Å². The minimum absolute atomic E-state index is 0.202. The molecule has 0 aromatic heterocycles. The number of aryl methyl sites for hydroxylation is 4. The van der Waals surface area contributed by atoms with Crippen molar-refractivity contribution in [2.45, 2.75) is 37.5 Å². The molecule has 0 bridgehead atoms. The van der Waals surface area contributed by atoms with Gasteiger partial charge in [-0.05, 0) is 79.6 Å². The molecule has 2 N–H and O–H groups in total. The lowest BCUT2D eigenvalue weighted by atomic mass is 10.1. The Morgan fingerprint density at radius 3 is 1.24 bits per heavy atom. The van der Waals surface area contributed by atoms with E-state index in [-0.39, 0.29) is 9.79 Å². The summed E-state index contributed by atoms with van der Waals surface area (Å²) < 4.78 is 65.9. The highest BCUT2D eigenvalue weighted by Crippen LogP contribution is 2.37. The zero-order valence-corrected chi connectivity index (χ0v) is 22.6. The van der Waals surface area contributed by atoms with Crippen LogP contribution in [0.25, 0.3) is 10.8 Å². The van der Waals surface area contributed by atoms with Gasteiger partial charge in [-0.3, -0.25) is 9.11 Å². The molecule has 194 valence electrons. The lowest BCUT2D eigenvalue weighted by molar-refractivity contribution is 0.481. The van der Waals surface area contributed by atoms with E-state index in [2.05, 4.69) is 0 Å². The molecule has 8 nitrogen and oxygen atoms in total. The van der Waals surface area contributed by atoms with Crippen LogP contribution < -0.4 is 0 Å². The molecule has 1 aliphatic carbocycles. The predicted molar refractivity (Wildman–Crippen MR) is 148 cm³/mol. The highest BCUT2D eigenvalue weighted by molar-refractivity contribution is 7.86. The van der Waals surface area contributed by atoms with E-state index in [4.69, 9.17) is 9.98 Å². The summed E-state index contributed by atoms with van der Waals surface area (Å²) in [4.78, 5) is 9.57. The van der Waals surface area contributed by atoms with Gasteiger partial charge < -0.3 is 0 Å². The van der Waals surface area contributed by atoms with Gasteiger partial charge in [-0.15, -0.1) is 0 Å². The summed E-state index contributed by atoms with van der Waals surface area (Å²) in [7, 11) is -8.75. The van der Waals surface area contributed by atoms with E-state index in [0.29, 0.717) is 45.1 Å². The Labute approximate surface area is 220 Å². The molecule has 38 heavy (non-hydrogen) atoms. The average Bonchev–Trinajstić information content (AvgIpc) is 3.11. The maximum atomic E-state index is 11.7. The van der Waals surface area contributed by atoms with Gasteiger partial charge >= 0.3 is 0 Å². The van der Waals surface area contributed by atoms with Crippen LogP contribution in [0.4, 0.5) is 11.4 Å². The van der Waals surface area contributed by atoms with Gasteiger partial charge in [0, 0.05) is 16.5 Å². The van der Waals surface area contributed by atoms with Crippen LogP contribution in [0.3, 0.4) is 0 Å². The van der Waals surface area contributed by atoms with Gasteiger partial charge in [-0.1, -0.05) is 36.4 Å². The Kier molecular flexibility index (Phi) is 6.11. The van der Waals surface area contributed by atoms with E-state index in [0.717, 1.165) is 21.9 Å². The van der Waals surface area contributed by atoms with Crippen LogP contribution in [0, 0.1) is 27.7 Å². The largest absolute Gasteiger partial charge is 0.294 e. The molecule has 0 spiro atoms. The molecule has 0 saturated heterocycles. The lowest BCUT2D eigenvalue weighted by Crippen LogP contribution is -2.11. The first kappa shape index (κ1) is 25.9. The quantitative estimate of drug-likeness (QED) is 0.309. The van der Waals surface area contributed by atoms with Crippen LogP contribution in [0.15, 0.2) is 80.4 Å². The molecule has 0 aliphatic heterocycles. The van der Waals surface area contributed by atoms with Gasteiger partial charge in [0.15, 0.2) is 0 Å². The highest BCUT2D eigenvalue weighted by Gasteiger charge is 2.28. The molecule has 0 radical (unpaired) electrons. The first-order valence-electron chi connectivity index (χ1n) is 11.6. The Morgan fingerprint density at radius 1 is 0.579 bits per heavy atom. The van der Waals surface area contributed by atoms with Gasteiger partial charge in [-0.25, -0.2) is 9.98 Å². The van der Waals surface area contributed by atoms with Crippen LogP contribution in [-0.4, -0.2) is 37.4 Å². The highest BCUT2D eigenvalue weighted by atomic mass is 32.2. The van der Waals surface area contributed by atoms with Gasteiger partial charge in [0.2, 0.25) is 0 Å². The van der Waals surface area contributed by atoms with E-state index in [9.17, 15) is 25.9 Å². The van der Waals surface area contributed by atoms with Crippen LogP contribution in [0.5, 0.6) is 0 Å². The number of benzene rings is 4.